The quantitative estimate of drug-likeness (QED) is 0.737. The van der Waals surface area contributed by atoms with Gasteiger partial charge in [0, 0.05) is 12.2 Å². The SMILES string of the molecule is CCn1c(=O)sc2cc(NC(=O)C3(c4ccccc4)CCCC3)ccc21. The molecule has 0 atom stereocenters. The van der Waals surface area contributed by atoms with E-state index in [0.29, 0.717) is 6.54 Å². The number of benzene rings is 2. The van der Waals surface area contributed by atoms with Crippen molar-refractivity contribution in [3.63, 3.8) is 0 Å². The van der Waals surface area contributed by atoms with Gasteiger partial charge < -0.3 is 5.32 Å². The number of aryl methyl sites for hydroxylation is 1. The van der Waals surface area contributed by atoms with Crippen LogP contribution in [0.4, 0.5) is 5.69 Å². The standard InChI is InChI=1S/C21H22N2O2S/c1-2-23-17-11-10-16(14-18(17)26-20(23)25)22-19(24)21(12-6-7-13-21)15-8-4-3-5-9-15/h3-5,8-11,14H,2,6-7,12-13H2,1H3,(H,22,24). The van der Waals surface area contributed by atoms with Crippen molar-refractivity contribution in [2.75, 3.05) is 5.32 Å². The third-order valence-corrected chi connectivity index (χ3v) is 6.40. The van der Waals surface area contributed by atoms with Gasteiger partial charge in [-0.05, 0) is 43.5 Å². The van der Waals surface area contributed by atoms with Crippen LogP contribution in [0, 0.1) is 0 Å². The summed E-state index contributed by atoms with van der Waals surface area (Å²) in [5, 5.41) is 3.12. The average molecular weight is 366 g/mol. The fourth-order valence-corrected chi connectivity index (χ4v) is 5.07. The van der Waals surface area contributed by atoms with E-state index >= 15 is 0 Å². The van der Waals surface area contributed by atoms with Gasteiger partial charge in [-0.2, -0.15) is 0 Å². The number of anilines is 1. The van der Waals surface area contributed by atoms with Crippen LogP contribution in [-0.2, 0) is 16.8 Å². The first-order valence-corrected chi connectivity index (χ1v) is 9.96. The van der Waals surface area contributed by atoms with Gasteiger partial charge in [0.2, 0.25) is 5.91 Å². The molecule has 1 aliphatic carbocycles. The minimum absolute atomic E-state index is 0.0440. The average Bonchev–Trinajstić information content (AvgIpc) is 3.27. The second-order valence-corrected chi connectivity index (χ2v) is 7.90. The zero-order valence-electron chi connectivity index (χ0n) is 14.8. The van der Waals surface area contributed by atoms with Crippen LogP contribution in [-0.4, -0.2) is 10.5 Å². The molecule has 134 valence electrons. The maximum atomic E-state index is 13.2. The van der Waals surface area contributed by atoms with Crippen molar-refractivity contribution < 1.29 is 4.79 Å². The van der Waals surface area contributed by atoms with Crippen molar-refractivity contribution >= 4 is 33.1 Å². The Bertz CT molecular complexity index is 998. The number of nitrogens with zero attached hydrogens (tertiary/aromatic N) is 1. The van der Waals surface area contributed by atoms with Gasteiger partial charge in [0.1, 0.15) is 0 Å². The van der Waals surface area contributed by atoms with E-state index in [1.165, 1.54) is 11.3 Å². The maximum absolute atomic E-state index is 13.2. The number of amides is 1. The Labute approximate surface area is 156 Å². The molecule has 0 bridgehead atoms. The van der Waals surface area contributed by atoms with Gasteiger partial charge in [-0.15, -0.1) is 0 Å². The molecule has 26 heavy (non-hydrogen) atoms. The van der Waals surface area contributed by atoms with E-state index in [1.807, 2.05) is 43.3 Å². The van der Waals surface area contributed by atoms with Crippen LogP contribution in [0.2, 0.25) is 0 Å². The molecule has 1 aromatic heterocycles. The second kappa shape index (κ2) is 6.72. The van der Waals surface area contributed by atoms with Gasteiger partial charge >= 0.3 is 4.87 Å². The fraction of sp³-hybridized carbons (Fsp3) is 0.333. The molecule has 0 saturated heterocycles. The van der Waals surface area contributed by atoms with E-state index in [2.05, 4.69) is 17.4 Å². The smallest absolute Gasteiger partial charge is 0.308 e. The predicted octanol–water partition coefficient (Wildman–Crippen LogP) is 4.53. The predicted molar refractivity (Wildman–Crippen MR) is 107 cm³/mol. The van der Waals surface area contributed by atoms with Crippen LogP contribution < -0.4 is 10.2 Å². The molecule has 1 fully saturated rings. The highest BCUT2D eigenvalue weighted by atomic mass is 32.1. The normalized spacial score (nSPS) is 16.0. The number of fused-ring (bicyclic) bond motifs is 1. The summed E-state index contributed by atoms with van der Waals surface area (Å²) in [5.41, 5.74) is 2.34. The van der Waals surface area contributed by atoms with Crippen molar-refractivity contribution in [2.24, 2.45) is 0 Å². The molecule has 4 nitrogen and oxygen atoms in total. The van der Waals surface area contributed by atoms with E-state index in [0.717, 1.165) is 47.2 Å². The Morgan fingerprint density at radius 1 is 1.15 bits per heavy atom. The summed E-state index contributed by atoms with van der Waals surface area (Å²) in [6, 6.07) is 15.8. The van der Waals surface area contributed by atoms with Crippen molar-refractivity contribution in [1.29, 1.82) is 0 Å². The third-order valence-electron chi connectivity index (χ3n) is 5.46. The monoisotopic (exact) mass is 366 g/mol. The van der Waals surface area contributed by atoms with Gasteiger partial charge in [0.25, 0.3) is 0 Å². The lowest BCUT2D eigenvalue weighted by Crippen LogP contribution is -2.37. The minimum atomic E-state index is -0.446. The van der Waals surface area contributed by atoms with Gasteiger partial charge in [-0.25, -0.2) is 0 Å². The summed E-state index contributed by atoms with van der Waals surface area (Å²) in [4.78, 5) is 25.3. The lowest BCUT2D eigenvalue weighted by molar-refractivity contribution is -0.121. The molecule has 1 N–H and O–H groups in total. The summed E-state index contributed by atoms with van der Waals surface area (Å²) in [5.74, 6) is 0.0582. The molecule has 1 amide bonds. The van der Waals surface area contributed by atoms with Crippen molar-refractivity contribution in [3.05, 3.63) is 63.8 Å². The molecule has 0 unspecified atom stereocenters. The molecule has 3 aromatic rings. The maximum Gasteiger partial charge on any atom is 0.308 e. The van der Waals surface area contributed by atoms with E-state index in [9.17, 15) is 9.59 Å². The van der Waals surface area contributed by atoms with Crippen molar-refractivity contribution in [3.8, 4) is 0 Å². The van der Waals surface area contributed by atoms with Crippen LogP contribution in [0.1, 0.15) is 38.2 Å². The van der Waals surface area contributed by atoms with E-state index in [1.54, 1.807) is 4.57 Å². The molecule has 1 aliphatic rings. The number of nitrogens with one attached hydrogen (secondary N) is 1. The highest BCUT2D eigenvalue weighted by Gasteiger charge is 2.42. The number of aromatic nitrogens is 1. The largest absolute Gasteiger partial charge is 0.325 e. The summed E-state index contributed by atoms with van der Waals surface area (Å²) in [7, 11) is 0. The number of hydrogen-bond donors (Lipinski definition) is 1. The summed E-state index contributed by atoms with van der Waals surface area (Å²) >= 11 is 1.23. The number of carbonyl (C=O) groups is 1. The van der Waals surface area contributed by atoms with Crippen LogP contribution in [0.15, 0.2) is 53.3 Å². The molecule has 0 radical (unpaired) electrons. The zero-order chi connectivity index (χ0) is 18.1. The first-order valence-electron chi connectivity index (χ1n) is 9.14. The lowest BCUT2D eigenvalue weighted by atomic mass is 9.78. The number of rotatable bonds is 4. The Hall–Kier alpha value is -2.40. The first kappa shape index (κ1) is 17.0. The number of thiazole rings is 1. The molecule has 5 heteroatoms. The first-order chi connectivity index (χ1) is 12.6. The Kier molecular flexibility index (Phi) is 4.41. The van der Waals surface area contributed by atoms with Crippen LogP contribution >= 0.6 is 11.3 Å². The number of hydrogen-bond acceptors (Lipinski definition) is 3. The van der Waals surface area contributed by atoms with Gasteiger partial charge in [-0.1, -0.05) is 54.5 Å². The van der Waals surface area contributed by atoms with Crippen LogP contribution in [0.3, 0.4) is 0 Å². The molecule has 0 aliphatic heterocycles. The Morgan fingerprint density at radius 3 is 2.58 bits per heavy atom. The third kappa shape index (κ3) is 2.76. The highest BCUT2D eigenvalue weighted by Crippen LogP contribution is 2.42. The molecular weight excluding hydrogens is 344 g/mol. The van der Waals surface area contributed by atoms with Gasteiger partial charge in [0.15, 0.2) is 0 Å². The topological polar surface area (TPSA) is 51.1 Å². The van der Waals surface area contributed by atoms with E-state index in [4.69, 9.17) is 0 Å². The van der Waals surface area contributed by atoms with Gasteiger partial charge in [-0.3, -0.25) is 14.2 Å². The van der Waals surface area contributed by atoms with Crippen LogP contribution in [0.5, 0.6) is 0 Å². The van der Waals surface area contributed by atoms with E-state index < -0.39 is 5.41 Å². The molecule has 0 spiro atoms. The zero-order valence-corrected chi connectivity index (χ0v) is 15.6. The van der Waals surface area contributed by atoms with E-state index in [-0.39, 0.29) is 10.8 Å². The Morgan fingerprint density at radius 2 is 1.88 bits per heavy atom. The van der Waals surface area contributed by atoms with Crippen LogP contribution in [0.25, 0.3) is 10.2 Å². The number of carbonyl (C=O) groups excluding carboxylic acids is 1. The summed E-state index contributed by atoms with van der Waals surface area (Å²) < 4.78 is 2.67. The summed E-state index contributed by atoms with van der Waals surface area (Å²) in [6.45, 7) is 2.62. The molecule has 4 rings (SSSR count). The minimum Gasteiger partial charge on any atom is -0.325 e. The molecule has 1 saturated carbocycles. The molecule has 1 heterocycles. The van der Waals surface area contributed by atoms with Crippen molar-refractivity contribution in [1.82, 2.24) is 4.57 Å². The second-order valence-electron chi connectivity index (χ2n) is 6.90. The Balaban J connectivity index is 1.66. The highest BCUT2D eigenvalue weighted by molar-refractivity contribution is 7.16. The molecular formula is C21H22N2O2S. The fourth-order valence-electron chi connectivity index (χ4n) is 4.08. The lowest BCUT2D eigenvalue weighted by Gasteiger charge is -2.28. The van der Waals surface area contributed by atoms with Gasteiger partial charge in [0.05, 0.1) is 15.6 Å². The summed E-state index contributed by atoms with van der Waals surface area (Å²) in [6.07, 6.45) is 3.90. The molecule has 2 aromatic carbocycles. The van der Waals surface area contributed by atoms with Crippen molar-refractivity contribution in [2.45, 2.75) is 44.6 Å².